The molecule has 1 unspecified atom stereocenters. The maximum atomic E-state index is 13.2. The molecule has 4 rings (SSSR count). The molecular weight excluding hydrogens is 361 g/mol. The van der Waals surface area contributed by atoms with Gasteiger partial charge in [-0.2, -0.15) is 0 Å². The number of amides is 3. The van der Waals surface area contributed by atoms with Crippen molar-refractivity contribution in [3.05, 3.63) is 35.6 Å². The van der Waals surface area contributed by atoms with E-state index in [4.69, 9.17) is 4.74 Å². The summed E-state index contributed by atoms with van der Waals surface area (Å²) >= 11 is 0. The number of benzene rings is 1. The predicted octanol–water partition coefficient (Wildman–Crippen LogP) is 2.65. The SMILES string of the molecule is O=C(C1CCN(C(=O)N2CCCC2)CC1)N1CCOC(c2ccc(F)cc2)C1. The van der Waals surface area contributed by atoms with E-state index in [2.05, 4.69) is 0 Å². The zero-order valence-corrected chi connectivity index (χ0v) is 16.2. The van der Waals surface area contributed by atoms with Gasteiger partial charge in [0.05, 0.1) is 13.2 Å². The van der Waals surface area contributed by atoms with Crippen LogP contribution in [0.1, 0.15) is 37.4 Å². The molecule has 1 atom stereocenters. The van der Waals surface area contributed by atoms with Gasteiger partial charge in [0, 0.05) is 38.6 Å². The Labute approximate surface area is 165 Å². The highest BCUT2D eigenvalue weighted by molar-refractivity contribution is 5.80. The molecule has 3 heterocycles. The number of piperidine rings is 1. The second-order valence-corrected chi connectivity index (χ2v) is 7.93. The molecule has 0 bridgehead atoms. The molecule has 3 fully saturated rings. The molecule has 0 aliphatic carbocycles. The molecule has 3 aliphatic heterocycles. The summed E-state index contributed by atoms with van der Waals surface area (Å²) in [5, 5.41) is 0. The summed E-state index contributed by atoms with van der Waals surface area (Å²) in [6.45, 7) is 4.59. The molecule has 7 heteroatoms. The van der Waals surface area contributed by atoms with Crippen molar-refractivity contribution >= 4 is 11.9 Å². The number of nitrogens with zero attached hydrogens (tertiary/aromatic N) is 3. The summed E-state index contributed by atoms with van der Waals surface area (Å²) in [5.41, 5.74) is 0.893. The molecule has 3 amide bonds. The molecule has 0 spiro atoms. The van der Waals surface area contributed by atoms with Crippen molar-refractivity contribution in [2.75, 3.05) is 45.9 Å². The van der Waals surface area contributed by atoms with Crippen LogP contribution in [0.3, 0.4) is 0 Å². The van der Waals surface area contributed by atoms with Crippen molar-refractivity contribution in [3.63, 3.8) is 0 Å². The summed E-state index contributed by atoms with van der Waals surface area (Å²) in [4.78, 5) is 31.2. The molecule has 3 aliphatic rings. The van der Waals surface area contributed by atoms with Gasteiger partial charge in [0.1, 0.15) is 11.9 Å². The Morgan fingerprint density at radius 3 is 2.21 bits per heavy atom. The van der Waals surface area contributed by atoms with E-state index in [9.17, 15) is 14.0 Å². The van der Waals surface area contributed by atoms with Crippen molar-refractivity contribution in [1.82, 2.24) is 14.7 Å². The molecule has 3 saturated heterocycles. The van der Waals surface area contributed by atoms with Crippen LogP contribution in [0.2, 0.25) is 0 Å². The van der Waals surface area contributed by atoms with Gasteiger partial charge in [-0.25, -0.2) is 9.18 Å². The average Bonchev–Trinajstić information content (AvgIpc) is 3.28. The first-order valence-corrected chi connectivity index (χ1v) is 10.3. The standard InChI is InChI=1S/C21H28FN3O3/c22-18-5-3-16(4-6-18)19-15-25(13-14-28-19)20(26)17-7-11-24(12-8-17)21(27)23-9-1-2-10-23/h3-6,17,19H,1-2,7-15H2. The highest BCUT2D eigenvalue weighted by Gasteiger charge is 2.34. The Hall–Kier alpha value is -2.15. The minimum Gasteiger partial charge on any atom is -0.370 e. The number of carbonyl (C=O) groups excluding carboxylic acids is 2. The van der Waals surface area contributed by atoms with Crippen molar-refractivity contribution in [2.24, 2.45) is 5.92 Å². The van der Waals surface area contributed by atoms with E-state index < -0.39 is 0 Å². The summed E-state index contributed by atoms with van der Waals surface area (Å²) in [5.74, 6) is -0.152. The molecule has 152 valence electrons. The number of urea groups is 1. The third kappa shape index (κ3) is 4.14. The van der Waals surface area contributed by atoms with Crippen LogP contribution in [0.15, 0.2) is 24.3 Å². The fraction of sp³-hybridized carbons (Fsp3) is 0.619. The lowest BCUT2D eigenvalue weighted by Crippen LogP contribution is -2.50. The lowest BCUT2D eigenvalue weighted by molar-refractivity contribution is -0.144. The predicted molar refractivity (Wildman–Crippen MR) is 102 cm³/mol. The Bertz CT molecular complexity index is 697. The number of carbonyl (C=O) groups is 2. The van der Waals surface area contributed by atoms with E-state index in [1.807, 2.05) is 14.7 Å². The zero-order valence-electron chi connectivity index (χ0n) is 16.2. The molecule has 28 heavy (non-hydrogen) atoms. The van der Waals surface area contributed by atoms with Crippen LogP contribution < -0.4 is 0 Å². The van der Waals surface area contributed by atoms with Crippen LogP contribution in [0, 0.1) is 11.7 Å². The normalized spacial score (nSPS) is 23.9. The first-order valence-electron chi connectivity index (χ1n) is 10.3. The maximum absolute atomic E-state index is 13.2. The fourth-order valence-corrected chi connectivity index (χ4v) is 4.41. The summed E-state index contributed by atoms with van der Waals surface area (Å²) in [7, 11) is 0. The Morgan fingerprint density at radius 1 is 0.893 bits per heavy atom. The topological polar surface area (TPSA) is 53.1 Å². The maximum Gasteiger partial charge on any atom is 0.319 e. The van der Waals surface area contributed by atoms with Gasteiger partial charge in [0.2, 0.25) is 5.91 Å². The monoisotopic (exact) mass is 389 g/mol. The van der Waals surface area contributed by atoms with Gasteiger partial charge >= 0.3 is 6.03 Å². The van der Waals surface area contributed by atoms with Gasteiger partial charge in [-0.3, -0.25) is 4.79 Å². The number of morpholine rings is 1. The van der Waals surface area contributed by atoms with Gasteiger partial charge in [-0.05, 0) is 43.4 Å². The van der Waals surface area contributed by atoms with Crippen LogP contribution in [-0.2, 0) is 9.53 Å². The van der Waals surface area contributed by atoms with Gasteiger partial charge < -0.3 is 19.4 Å². The quantitative estimate of drug-likeness (QED) is 0.781. The molecule has 0 N–H and O–H groups in total. The molecule has 0 aromatic heterocycles. The first kappa shape index (κ1) is 19.2. The number of hydrogen-bond donors (Lipinski definition) is 0. The smallest absolute Gasteiger partial charge is 0.319 e. The number of hydrogen-bond acceptors (Lipinski definition) is 3. The lowest BCUT2D eigenvalue weighted by Gasteiger charge is -2.38. The van der Waals surface area contributed by atoms with Crippen molar-refractivity contribution in [3.8, 4) is 0 Å². The van der Waals surface area contributed by atoms with Crippen LogP contribution in [0.25, 0.3) is 0 Å². The van der Waals surface area contributed by atoms with Gasteiger partial charge in [-0.15, -0.1) is 0 Å². The van der Waals surface area contributed by atoms with Crippen molar-refractivity contribution < 1.29 is 18.7 Å². The second-order valence-electron chi connectivity index (χ2n) is 7.93. The average molecular weight is 389 g/mol. The molecule has 6 nitrogen and oxygen atoms in total. The molecule has 0 radical (unpaired) electrons. The first-order chi connectivity index (χ1) is 13.6. The van der Waals surface area contributed by atoms with E-state index >= 15 is 0 Å². The summed E-state index contributed by atoms with van der Waals surface area (Å²) in [6.07, 6.45) is 3.41. The molecule has 0 saturated carbocycles. The minimum absolute atomic E-state index is 0.0328. The summed E-state index contributed by atoms with van der Waals surface area (Å²) < 4.78 is 19.0. The van der Waals surface area contributed by atoms with Gasteiger partial charge in [0.25, 0.3) is 0 Å². The lowest BCUT2D eigenvalue weighted by atomic mass is 9.94. The van der Waals surface area contributed by atoms with Gasteiger partial charge in [0.15, 0.2) is 0 Å². The van der Waals surface area contributed by atoms with E-state index in [-0.39, 0.29) is 29.8 Å². The van der Waals surface area contributed by atoms with E-state index in [0.717, 1.165) is 44.3 Å². The van der Waals surface area contributed by atoms with Crippen LogP contribution in [0.4, 0.5) is 9.18 Å². The van der Waals surface area contributed by atoms with Gasteiger partial charge in [-0.1, -0.05) is 12.1 Å². The molecule has 1 aromatic carbocycles. The highest BCUT2D eigenvalue weighted by atomic mass is 19.1. The number of likely N-dealkylation sites (tertiary alicyclic amines) is 2. The third-order valence-electron chi connectivity index (χ3n) is 6.11. The Morgan fingerprint density at radius 2 is 1.54 bits per heavy atom. The van der Waals surface area contributed by atoms with Crippen molar-refractivity contribution in [1.29, 1.82) is 0 Å². The second kappa shape index (κ2) is 8.47. The number of ether oxygens (including phenoxy) is 1. The third-order valence-corrected chi connectivity index (χ3v) is 6.11. The van der Waals surface area contributed by atoms with Crippen LogP contribution in [-0.4, -0.2) is 72.5 Å². The molecule has 1 aromatic rings. The zero-order chi connectivity index (χ0) is 19.5. The van der Waals surface area contributed by atoms with Crippen LogP contribution >= 0.6 is 0 Å². The Kier molecular flexibility index (Phi) is 5.80. The largest absolute Gasteiger partial charge is 0.370 e. The molecular formula is C21H28FN3O3. The Balaban J connectivity index is 1.30. The van der Waals surface area contributed by atoms with Crippen molar-refractivity contribution in [2.45, 2.75) is 31.8 Å². The number of rotatable bonds is 2. The van der Waals surface area contributed by atoms with Crippen LogP contribution in [0.5, 0.6) is 0 Å². The van der Waals surface area contributed by atoms with E-state index in [0.29, 0.717) is 32.8 Å². The summed E-state index contributed by atoms with van der Waals surface area (Å²) in [6, 6.07) is 6.41. The minimum atomic E-state index is -0.275. The highest BCUT2D eigenvalue weighted by Crippen LogP contribution is 2.27. The van der Waals surface area contributed by atoms with E-state index in [1.165, 1.54) is 12.1 Å². The number of halogens is 1. The van der Waals surface area contributed by atoms with E-state index in [1.54, 1.807) is 12.1 Å². The fourth-order valence-electron chi connectivity index (χ4n) is 4.41.